The minimum absolute atomic E-state index is 0.0505. The first-order valence-corrected chi connectivity index (χ1v) is 10.5. The normalized spacial score (nSPS) is 20.0. The first-order chi connectivity index (χ1) is 12.7. The molecule has 27 heavy (non-hydrogen) atoms. The first kappa shape index (κ1) is 19.4. The summed E-state index contributed by atoms with van der Waals surface area (Å²) in [6.45, 7) is 1.42. The number of hydrogen-bond donors (Lipinski definition) is 1. The van der Waals surface area contributed by atoms with Crippen LogP contribution in [-0.4, -0.2) is 53.3 Å². The third-order valence-corrected chi connectivity index (χ3v) is 6.19. The second-order valence-corrected chi connectivity index (χ2v) is 8.82. The zero-order chi connectivity index (χ0) is 19.6. The number of sulfone groups is 1. The van der Waals surface area contributed by atoms with Crippen molar-refractivity contribution in [1.29, 1.82) is 0 Å². The van der Waals surface area contributed by atoms with E-state index in [4.69, 9.17) is 16.3 Å². The van der Waals surface area contributed by atoms with Gasteiger partial charge in [-0.25, -0.2) is 18.2 Å². The standard InChI is InChI=1S/C17H18ClN3O5S/c1-11(17(23)19-12-7-9-27(24,25)10-12)26-15(22)6-5-13-16(18)20-14-4-2-3-8-21(13)14/h2-6,8,11-12H,7,9-10H2,1H3,(H,19,23)/b6-5+/t11-,12+/m0/s1. The largest absolute Gasteiger partial charge is 0.449 e. The molecule has 0 aromatic carbocycles. The average Bonchev–Trinajstić information content (AvgIpc) is 3.10. The molecule has 0 saturated carbocycles. The van der Waals surface area contributed by atoms with Gasteiger partial charge in [0.15, 0.2) is 21.1 Å². The fourth-order valence-electron chi connectivity index (χ4n) is 2.78. The van der Waals surface area contributed by atoms with Gasteiger partial charge in [0.2, 0.25) is 0 Å². The predicted octanol–water partition coefficient (Wildman–Crippen LogP) is 1.24. The van der Waals surface area contributed by atoms with Gasteiger partial charge in [-0.15, -0.1) is 0 Å². The predicted molar refractivity (Wildman–Crippen MR) is 100.0 cm³/mol. The summed E-state index contributed by atoms with van der Waals surface area (Å²) in [6, 6.07) is 4.94. The van der Waals surface area contributed by atoms with Crippen LogP contribution in [-0.2, 0) is 24.2 Å². The van der Waals surface area contributed by atoms with E-state index in [1.54, 1.807) is 22.7 Å². The quantitative estimate of drug-likeness (QED) is 0.586. The van der Waals surface area contributed by atoms with Gasteiger partial charge >= 0.3 is 5.97 Å². The van der Waals surface area contributed by atoms with Gasteiger partial charge in [0.05, 0.1) is 17.2 Å². The molecule has 1 amide bonds. The molecule has 1 fully saturated rings. The van der Waals surface area contributed by atoms with Crippen LogP contribution < -0.4 is 5.32 Å². The van der Waals surface area contributed by atoms with Crippen molar-refractivity contribution in [2.75, 3.05) is 11.5 Å². The number of ether oxygens (including phenoxy) is 1. The summed E-state index contributed by atoms with van der Waals surface area (Å²) >= 11 is 6.08. The smallest absolute Gasteiger partial charge is 0.331 e. The van der Waals surface area contributed by atoms with E-state index in [2.05, 4.69) is 10.3 Å². The van der Waals surface area contributed by atoms with Crippen molar-refractivity contribution in [1.82, 2.24) is 14.7 Å². The number of carbonyl (C=O) groups is 2. The Bertz CT molecular complexity index is 1010. The van der Waals surface area contributed by atoms with Gasteiger partial charge in [-0.1, -0.05) is 17.7 Å². The molecule has 0 bridgehead atoms. The molecule has 1 saturated heterocycles. The average molecular weight is 412 g/mol. The number of pyridine rings is 1. The molecule has 3 rings (SSSR count). The number of esters is 1. The van der Waals surface area contributed by atoms with Crippen molar-refractivity contribution in [2.45, 2.75) is 25.5 Å². The maximum absolute atomic E-state index is 12.1. The molecule has 2 atom stereocenters. The summed E-state index contributed by atoms with van der Waals surface area (Å²) in [5, 5.41) is 2.82. The Hall–Kier alpha value is -2.39. The Morgan fingerprint density at radius 3 is 2.93 bits per heavy atom. The topological polar surface area (TPSA) is 107 Å². The van der Waals surface area contributed by atoms with Crippen LogP contribution in [0.5, 0.6) is 0 Å². The van der Waals surface area contributed by atoms with Crippen molar-refractivity contribution in [3.63, 3.8) is 0 Å². The third-order valence-electron chi connectivity index (χ3n) is 4.14. The van der Waals surface area contributed by atoms with E-state index in [-0.39, 0.29) is 16.7 Å². The first-order valence-electron chi connectivity index (χ1n) is 8.27. The molecule has 0 unspecified atom stereocenters. The van der Waals surface area contributed by atoms with E-state index < -0.39 is 33.9 Å². The molecule has 1 aliphatic heterocycles. The van der Waals surface area contributed by atoms with Crippen LogP contribution in [0, 0.1) is 0 Å². The van der Waals surface area contributed by atoms with Crippen molar-refractivity contribution in [2.24, 2.45) is 0 Å². The zero-order valence-corrected chi connectivity index (χ0v) is 16.0. The fourth-order valence-corrected chi connectivity index (χ4v) is 4.69. The van der Waals surface area contributed by atoms with Crippen LogP contribution in [0.1, 0.15) is 19.0 Å². The van der Waals surface area contributed by atoms with Gasteiger partial charge in [0.25, 0.3) is 5.91 Å². The molecule has 8 nitrogen and oxygen atoms in total. The Morgan fingerprint density at radius 1 is 1.44 bits per heavy atom. The number of nitrogens with zero attached hydrogens (tertiary/aromatic N) is 2. The number of rotatable bonds is 5. The molecule has 2 aromatic heterocycles. The van der Waals surface area contributed by atoms with Crippen molar-refractivity contribution < 1.29 is 22.7 Å². The highest BCUT2D eigenvalue weighted by Crippen LogP contribution is 2.19. The van der Waals surface area contributed by atoms with Gasteiger partial charge in [-0.3, -0.25) is 9.20 Å². The lowest BCUT2D eigenvalue weighted by Crippen LogP contribution is -2.42. The summed E-state index contributed by atoms with van der Waals surface area (Å²) in [7, 11) is -3.10. The molecule has 2 aromatic rings. The van der Waals surface area contributed by atoms with Gasteiger partial charge in [-0.2, -0.15) is 0 Å². The van der Waals surface area contributed by atoms with Gasteiger partial charge in [0.1, 0.15) is 5.65 Å². The van der Waals surface area contributed by atoms with Crippen LogP contribution in [0.4, 0.5) is 0 Å². The summed E-state index contributed by atoms with van der Waals surface area (Å²) in [6.07, 6.45) is 3.68. The maximum Gasteiger partial charge on any atom is 0.331 e. The number of amides is 1. The number of halogens is 1. The second kappa shape index (κ2) is 7.69. The summed E-state index contributed by atoms with van der Waals surface area (Å²) in [4.78, 5) is 28.2. The number of imidazole rings is 1. The highest BCUT2D eigenvalue weighted by molar-refractivity contribution is 7.91. The van der Waals surface area contributed by atoms with Crippen LogP contribution in [0.2, 0.25) is 5.15 Å². The molecular formula is C17H18ClN3O5S. The SMILES string of the molecule is C[C@H](OC(=O)/C=C/c1c(Cl)nc2ccccn12)C(=O)N[C@@H]1CCS(=O)(=O)C1. The maximum atomic E-state index is 12.1. The third kappa shape index (κ3) is 4.67. The van der Waals surface area contributed by atoms with Crippen molar-refractivity contribution in [3.8, 4) is 0 Å². The minimum Gasteiger partial charge on any atom is -0.449 e. The molecule has 0 radical (unpaired) electrons. The van der Waals surface area contributed by atoms with Crippen molar-refractivity contribution >= 4 is 45.0 Å². The van der Waals surface area contributed by atoms with Gasteiger partial charge < -0.3 is 10.1 Å². The Kier molecular flexibility index (Phi) is 5.52. The lowest BCUT2D eigenvalue weighted by Gasteiger charge is -2.15. The van der Waals surface area contributed by atoms with Crippen LogP contribution in [0.3, 0.4) is 0 Å². The van der Waals surface area contributed by atoms with Crippen molar-refractivity contribution in [3.05, 3.63) is 41.3 Å². The van der Waals surface area contributed by atoms with E-state index in [9.17, 15) is 18.0 Å². The van der Waals surface area contributed by atoms with Gasteiger partial charge in [0, 0.05) is 18.3 Å². The Labute approximate surface area is 161 Å². The molecule has 1 aliphatic rings. The molecule has 0 aliphatic carbocycles. The van der Waals surface area contributed by atoms with Crippen LogP contribution in [0.15, 0.2) is 30.5 Å². The molecule has 144 valence electrons. The van der Waals surface area contributed by atoms with Gasteiger partial charge in [-0.05, 0) is 31.6 Å². The second-order valence-electron chi connectivity index (χ2n) is 6.24. The summed E-state index contributed by atoms with van der Waals surface area (Å²) in [5.74, 6) is -1.30. The van der Waals surface area contributed by atoms with Crippen LogP contribution in [0.25, 0.3) is 11.7 Å². The lowest BCUT2D eigenvalue weighted by molar-refractivity contribution is -0.150. The number of nitrogens with one attached hydrogen (secondary N) is 1. The fraction of sp³-hybridized carbons (Fsp3) is 0.353. The number of fused-ring (bicyclic) bond motifs is 1. The van der Waals surface area contributed by atoms with E-state index in [0.717, 1.165) is 6.08 Å². The highest BCUT2D eigenvalue weighted by Gasteiger charge is 2.30. The Balaban J connectivity index is 1.59. The van der Waals surface area contributed by atoms with E-state index in [1.807, 2.05) is 6.07 Å². The molecule has 3 heterocycles. The molecule has 10 heteroatoms. The molecule has 1 N–H and O–H groups in total. The monoisotopic (exact) mass is 411 g/mol. The lowest BCUT2D eigenvalue weighted by atomic mass is 10.2. The Morgan fingerprint density at radius 2 is 2.22 bits per heavy atom. The zero-order valence-electron chi connectivity index (χ0n) is 14.5. The number of carbonyl (C=O) groups excluding carboxylic acids is 2. The summed E-state index contributed by atoms with van der Waals surface area (Å²) < 4.78 is 29.6. The summed E-state index contributed by atoms with van der Waals surface area (Å²) in [5.41, 5.74) is 1.15. The molecular weight excluding hydrogens is 394 g/mol. The van der Waals surface area contributed by atoms with E-state index >= 15 is 0 Å². The highest BCUT2D eigenvalue weighted by atomic mass is 35.5. The van der Waals surface area contributed by atoms with E-state index in [1.165, 1.54) is 13.0 Å². The minimum atomic E-state index is -3.10. The van der Waals surface area contributed by atoms with Crippen LogP contribution >= 0.6 is 11.6 Å². The van der Waals surface area contributed by atoms with E-state index in [0.29, 0.717) is 17.8 Å². The molecule has 0 spiro atoms. The number of aromatic nitrogens is 2. The number of hydrogen-bond acceptors (Lipinski definition) is 6.